The van der Waals surface area contributed by atoms with Gasteiger partial charge in [-0.05, 0) is 37.0 Å². The van der Waals surface area contributed by atoms with Crippen molar-refractivity contribution < 1.29 is 18.7 Å². The van der Waals surface area contributed by atoms with Crippen LogP contribution in [0.1, 0.15) is 28.3 Å². The van der Waals surface area contributed by atoms with Gasteiger partial charge < -0.3 is 14.5 Å². The summed E-state index contributed by atoms with van der Waals surface area (Å²) in [5, 5.41) is 12.5. The molecule has 140 valence electrons. The first-order valence-electron chi connectivity index (χ1n) is 8.69. The standard InChI is InChI=1S/C20H15N3O4S/c21-10-13-12-4-3-7-16(12)28-20(13)23-17(24)11-26-19(25)9-8-18-22-14-5-1-2-6-15(14)27-18/h1-2,5-6,8-9H,3-4,7,11H2,(H,23,24)/b9-8+. The summed E-state index contributed by atoms with van der Waals surface area (Å²) in [6.07, 6.45) is 5.37. The normalized spacial score (nSPS) is 12.8. The first-order valence-corrected chi connectivity index (χ1v) is 9.50. The Bertz CT molecular complexity index is 1100. The second kappa shape index (κ2) is 7.66. The van der Waals surface area contributed by atoms with Gasteiger partial charge in [-0.1, -0.05) is 12.1 Å². The second-order valence-corrected chi connectivity index (χ2v) is 7.29. The number of fused-ring (bicyclic) bond motifs is 2. The Morgan fingerprint density at radius 1 is 1.36 bits per heavy atom. The number of carbonyl (C=O) groups excluding carboxylic acids is 2. The van der Waals surface area contributed by atoms with E-state index in [2.05, 4.69) is 16.4 Å². The van der Waals surface area contributed by atoms with Crippen molar-refractivity contribution in [1.82, 2.24) is 4.98 Å². The summed E-state index contributed by atoms with van der Waals surface area (Å²) < 4.78 is 10.4. The number of anilines is 1. The van der Waals surface area contributed by atoms with Crippen LogP contribution in [0.15, 0.2) is 34.8 Å². The summed E-state index contributed by atoms with van der Waals surface area (Å²) >= 11 is 1.42. The lowest BCUT2D eigenvalue weighted by molar-refractivity contribution is -0.142. The van der Waals surface area contributed by atoms with Gasteiger partial charge in [-0.3, -0.25) is 4.79 Å². The van der Waals surface area contributed by atoms with E-state index in [1.807, 2.05) is 12.1 Å². The maximum absolute atomic E-state index is 12.1. The molecule has 0 aliphatic heterocycles. The van der Waals surface area contributed by atoms with Gasteiger partial charge in [0.2, 0.25) is 5.89 Å². The third-order valence-corrected chi connectivity index (χ3v) is 5.51. The highest BCUT2D eigenvalue weighted by Gasteiger charge is 2.23. The van der Waals surface area contributed by atoms with E-state index in [1.165, 1.54) is 17.4 Å². The lowest BCUT2D eigenvalue weighted by Crippen LogP contribution is -2.20. The molecule has 0 radical (unpaired) electrons. The first-order chi connectivity index (χ1) is 13.6. The summed E-state index contributed by atoms with van der Waals surface area (Å²) in [5.41, 5.74) is 2.85. The number of oxazole rings is 1. The van der Waals surface area contributed by atoms with Crippen LogP contribution in [0.2, 0.25) is 0 Å². The zero-order chi connectivity index (χ0) is 19.5. The van der Waals surface area contributed by atoms with Crippen LogP contribution in [-0.2, 0) is 27.2 Å². The minimum atomic E-state index is -0.688. The van der Waals surface area contributed by atoms with E-state index in [0.717, 1.165) is 35.8 Å². The van der Waals surface area contributed by atoms with Crippen LogP contribution < -0.4 is 5.32 Å². The summed E-state index contributed by atoms with van der Waals surface area (Å²) in [6, 6.07) is 9.40. The van der Waals surface area contributed by atoms with E-state index in [1.54, 1.807) is 12.1 Å². The highest BCUT2D eigenvalue weighted by molar-refractivity contribution is 7.16. The van der Waals surface area contributed by atoms with Crippen LogP contribution in [-0.4, -0.2) is 23.5 Å². The van der Waals surface area contributed by atoms with Gasteiger partial charge in [0.05, 0.1) is 5.56 Å². The van der Waals surface area contributed by atoms with Gasteiger partial charge in [-0.25, -0.2) is 9.78 Å². The molecule has 0 saturated heterocycles. The van der Waals surface area contributed by atoms with E-state index in [-0.39, 0.29) is 5.89 Å². The van der Waals surface area contributed by atoms with Gasteiger partial charge in [0.15, 0.2) is 12.2 Å². The number of thiophene rings is 1. The Kier molecular flexibility index (Phi) is 4.91. The van der Waals surface area contributed by atoms with E-state index < -0.39 is 18.5 Å². The predicted molar refractivity (Wildman–Crippen MR) is 104 cm³/mol. The third-order valence-electron chi connectivity index (χ3n) is 4.30. The molecule has 0 fully saturated rings. The number of nitrogens with one attached hydrogen (secondary N) is 1. The first kappa shape index (κ1) is 17.9. The number of aryl methyl sites for hydroxylation is 1. The van der Waals surface area contributed by atoms with Crippen molar-refractivity contribution in [3.63, 3.8) is 0 Å². The van der Waals surface area contributed by atoms with Gasteiger partial charge in [0, 0.05) is 17.0 Å². The zero-order valence-electron chi connectivity index (χ0n) is 14.7. The largest absolute Gasteiger partial charge is 0.452 e. The average molecular weight is 393 g/mol. The number of benzene rings is 1. The second-order valence-electron chi connectivity index (χ2n) is 6.18. The SMILES string of the molecule is N#Cc1c(NC(=O)COC(=O)/C=C/c2nc3ccccc3o2)sc2c1CCC2. The van der Waals surface area contributed by atoms with Crippen LogP contribution in [0.25, 0.3) is 17.2 Å². The number of rotatable bonds is 5. The Hall–Kier alpha value is -3.44. The molecule has 8 heteroatoms. The number of hydrogen-bond donors (Lipinski definition) is 1. The fraction of sp³-hybridized carbons (Fsp3) is 0.200. The molecule has 2 aromatic heterocycles. The number of hydrogen-bond acceptors (Lipinski definition) is 7. The molecule has 0 atom stereocenters. The fourth-order valence-corrected chi connectivity index (χ4v) is 4.31. The quantitative estimate of drug-likeness (QED) is 0.526. The van der Waals surface area contributed by atoms with Crippen molar-refractivity contribution >= 4 is 45.4 Å². The van der Waals surface area contributed by atoms with Crippen molar-refractivity contribution in [2.45, 2.75) is 19.3 Å². The van der Waals surface area contributed by atoms with E-state index in [0.29, 0.717) is 21.7 Å². The molecule has 1 amide bonds. The summed E-state index contributed by atoms with van der Waals surface area (Å²) in [7, 11) is 0. The van der Waals surface area contributed by atoms with Crippen molar-refractivity contribution in [2.75, 3.05) is 11.9 Å². The van der Waals surface area contributed by atoms with Crippen LogP contribution >= 0.6 is 11.3 Å². The minimum absolute atomic E-state index is 0.273. The smallest absolute Gasteiger partial charge is 0.331 e. The Morgan fingerprint density at radius 2 is 2.21 bits per heavy atom. The highest BCUT2D eigenvalue weighted by atomic mass is 32.1. The van der Waals surface area contributed by atoms with E-state index in [4.69, 9.17) is 9.15 Å². The molecule has 1 aliphatic rings. The molecule has 3 aromatic rings. The zero-order valence-corrected chi connectivity index (χ0v) is 15.5. The molecule has 7 nitrogen and oxygen atoms in total. The van der Waals surface area contributed by atoms with E-state index in [9.17, 15) is 14.9 Å². The number of aromatic nitrogens is 1. The Balaban J connectivity index is 1.32. The van der Waals surface area contributed by atoms with E-state index >= 15 is 0 Å². The van der Waals surface area contributed by atoms with Crippen molar-refractivity contribution in [1.29, 1.82) is 5.26 Å². The van der Waals surface area contributed by atoms with Crippen LogP contribution in [0.4, 0.5) is 5.00 Å². The lowest BCUT2D eigenvalue weighted by Gasteiger charge is -2.04. The molecule has 4 rings (SSSR count). The number of carbonyl (C=O) groups is 2. The topological polar surface area (TPSA) is 105 Å². The number of nitriles is 1. The summed E-state index contributed by atoms with van der Waals surface area (Å²) in [5.74, 6) is -0.902. The molecule has 0 spiro atoms. The molecule has 2 heterocycles. The molecular formula is C20H15N3O4S. The van der Waals surface area contributed by atoms with Gasteiger partial charge in [-0.15, -0.1) is 11.3 Å². The number of esters is 1. The van der Waals surface area contributed by atoms with Gasteiger partial charge >= 0.3 is 5.97 Å². The average Bonchev–Trinajstić information content (AvgIpc) is 3.38. The molecule has 0 saturated carbocycles. The lowest BCUT2D eigenvalue weighted by atomic mass is 10.1. The maximum atomic E-state index is 12.1. The molecule has 0 unspecified atom stereocenters. The minimum Gasteiger partial charge on any atom is -0.452 e. The van der Waals surface area contributed by atoms with Crippen LogP contribution in [0.5, 0.6) is 0 Å². The Labute approximate surface area is 164 Å². The fourth-order valence-electron chi connectivity index (χ4n) is 3.06. The number of nitrogens with zero attached hydrogens (tertiary/aromatic N) is 2. The van der Waals surface area contributed by atoms with Crippen molar-refractivity contribution in [3.8, 4) is 6.07 Å². The van der Waals surface area contributed by atoms with Crippen LogP contribution in [0.3, 0.4) is 0 Å². The molecule has 1 aliphatic carbocycles. The maximum Gasteiger partial charge on any atom is 0.331 e. The summed E-state index contributed by atoms with van der Waals surface area (Å²) in [4.78, 5) is 29.2. The number of para-hydroxylation sites is 2. The predicted octanol–water partition coefficient (Wildman–Crippen LogP) is 3.44. The molecular weight excluding hydrogens is 378 g/mol. The molecule has 1 N–H and O–H groups in total. The van der Waals surface area contributed by atoms with Gasteiger partial charge in [-0.2, -0.15) is 5.26 Å². The third kappa shape index (κ3) is 3.66. The Morgan fingerprint density at radius 3 is 3.04 bits per heavy atom. The number of ether oxygens (including phenoxy) is 1. The van der Waals surface area contributed by atoms with Crippen molar-refractivity contribution in [2.24, 2.45) is 0 Å². The monoisotopic (exact) mass is 393 g/mol. The summed E-state index contributed by atoms with van der Waals surface area (Å²) in [6.45, 7) is -0.440. The van der Waals surface area contributed by atoms with Gasteiger partial charge in [0.1, 0.15) is 16.6 Å². The molecule has 1 aromatic carbocycles. The highest BCUT2D eigenvalue weighted by Crippen LogP contribution is 2.38. The molecule has 0 bridgehead atoms. The number of amides is 1. The van der Waals surface area contributed by atoms with Gasteiger partial charge in [0.25, 0.3) is 5.91 Å². The van der Waals surface area contributed by atoms with Crippen LogP contribution in [0, 0.1) is 11.3 Å². The van der Waals surface area contributed by atoms with Crippen molar-refractivity contribution in [3.05, 3.63) is 52.2 Å². The molecule has 28 heavy (non-hydrogen) atoms.